The zero-order valence-electron chi connectivity index (χ0n) is 13.7. The number of benzene rings is 2. The number of hydrogen-bond donors (Lipinski definition) is 2. The number of carbonyl (C=O) groups is 1. The summed E-state index contributed by atoms with van der Waals surface area (Å²) in [6, 6.07) is 14.4. The number of nitrogens with zero attached hydrogens (tertiary/aromatic N) is 1. The monoisotopic (exact) mass is 324 g/mol. The predicted octanol–water partition coefficient (Wildman–Crippen LogP) is 3.28. The molecular weight excluding hydrogens is 304 g/mol. The van der Waals surface area contributed by atoms with Crippen molar-refractivity contribution in [2.75, 3.05) is 12.4 Å². The van der Waals surface area contributed by atoms with Crippen LogP contribution in [0.4, 0.5) is 5.69 Å². The van der Waals surface area contributed by atoms with Crippen LogP contribution in [-0.4, -0.2) is 18.1 Å². The molecule has 2 aromatic rings. The highest BCUT2D eigenvalue weighted by molar-refractivity contribution is 5.94. The van der Waals surface area contributed by atoms with Crippen molar-refractivity contribution in [2.45, 2.75) is 19.8 Å². The quantitative estimate of drug-likeness (QED) is 0.854. The van der Waals surface area contributed by atoms with E-state index in [1.165, 1.54) is 18.7 Å². The Kier molecular flexibility index (Phi) is 5.80. The first-order valence-electron chi connectivity index (χ1n) is 7.72. The summed E-state index contributed by atoms with van der Waals surface area (Å²) in [6.07, 6.45) is 1.17. The molecule has 24 heavy (non-hydrogen) atoms. The number of methoxy groups -OCH3 is 1. The normalized spacial score (nSPS) is 11.4. The lowest BCUT2D eigenvalue weighted by Gasteiger charge is -2.12. The Balaban J connectivity index is 2.07. The third kappa shape index (κ3) is 4.26. The molecule has 124 valence electrons. The molecule has 0 radical (unpaired) electrons. The maximum atomic E-state index is 12.3. The minimum atomic E-state index is -0.829. The fourth-order valence-corrected chi connectivity index (χ4v) is 2.33. The number of phenolic OH excluding ortho intramolecular Hbond substituents is 1. The minimum absolute atomic E-state index is 0.0234. The van der Waals surface area contributed by atoms with Crippen molar-refractivity contribution in [3.63, 3.8) is 0 Å². The zero-order valence-corrected chi connectivity index (χ0v) is 13.7. The fraction of sp³-hybridized carbons (Fsp3) is 0.263. The van der Waals surface area contributed by atoms with Crippen LogP contribution in [-0.2, 0) is 17.6 Å². The summed E-state index contributed by atoms with van der Waals surface area (Å²) in [5.41, 5.74) is 2.59. The van der Waals surface area contributed by atoms with Gasteiger partial charge in [-0.25, -0.2) is 0 Å². The Morgan fingerprint density at radius 2 is 1.92 bits per heavy atom. The second kappa shape index (κ2) is 8.02. The summed E-state index contributed by atoms with van der Waals surface area (Å²) in [4.78, 5) is 12.3. The molecule has 0 heterocycles. The van der Waals surface area contributed by atoms with Gasteiger partial charge in [-0.2, -0.15) is 5.26 Å². The van der Waals surface area contributed by atoms with Gasteiger partial charge in [0.15, 0.2) is 11.5 Å². The molecule has 0 aliphatic heterocycles. The highest BCUT2D eigenvalue weighted by atomic mass is 16.5. The van der Waals surface area contributed by atoms with Crippen LogP contribution in [0, 0.1) is 17.2 Å². The van der Waals surface area contributed by atoms with Gasteiger partial charge in [0.05, 0.1) is 13.2 Å². The summed E-state index contributed by atoms with van der Waals surface area (Å²) < 4.78 is 5.05. The fourth-order valence-electron chi connectivity index (χ4n) is 2.33. The Hall–Kier alpha value is -3.00. The Morgan fingerprint density at radius 1 is 1.25 bits per heavy atom. The van der Waals surface area contributed by atoms with Crippen molar-refractivity contribution in [3.8, 4) is 17.6 Å². The number of amides is 1. The lowest BCUT2D eigenvalue weighted by molar-refractivity contribution is -0.118. The van der Waals surface area contributed by atoms with Crippen LogP contribution in [0.5, 0.6) is 11.5 Å². The van der Waals surface area contributed by atoms with Gasteiger partial charge in [0.25, 0.3) is 0 Å². The highest BCUT2D eigenvalue weighted by Crippen LogP contribution is 2.27. The van der Waals surface area contributed by atoms with E-state index >= 15 is 0 Å². The Bertz CT molecular complexity index is 748. The first-order valence-corrected chi connectivity index (χ1v) is 7.72. The second-order valence-electron chi connectivity index (χ2n) is 5.43. The summed E-state index contributed by atoms with van der Waals surface area (Å²) in [6.45, 7) is 2.06. The maximum Gasteiger partial charge on any atom is 0.242 e. The van der Waals surface area contributed by atoms with Gasteiger partial charge in [0.2, 0.25) is 5.91 Å². The van der Waals surface area contributed by atoms with E-state index in [1.54, 1.807) is 12.1 Å². The van der Waals surface area contributed by atoms with Gasteiger partial charge in [-0.05, 0) is 48.2 Å². The van der Waals surface area contributed by atoms with Crippen LogP contribution in [0.2, 0.25) is 0 Å². The molecule has 0 saturated heterocycles. The van der Waals surface area contributed by atoms with E-state index in [0.717, 1.165) is 12.0 Å². The average molecular weight is 324 g/mol. The molecule has 2 N–H and O–H groups in total. The van der Waals surface area contributed by atoms with E-state index in [1.807, 2.05) is 30.3 Å². The lowest BCUT2D eigenvalue weighted by Crippen LogP contribution is -2.23. The summed E-state index contributed by atoms with van der Waals surface area (Å²) in [7, 11) is 1.45. The number of nitrogens with one attached hydrogen (secondary N) is 1. The smallest absolute Gasteiger partial charge is 0.242 e. The lowest BCUT2D eigenvalue weighted by atomic mass is 9.99. The third-order valence-electron chi connectivity index (χ3n) is 3.79. The molecule has 0 fully saturated rings. The van der Waals surface area contributed by atoms with Crippen molar-refractivity contribution in [3.05, 3.63) is 53.6 Å². The number of carbonyl (C=O) groups excluding carboxylic acids is 1. The van der Waals surface area contributed by atoms with E-state index in [0.29, 0.717) is 11.4 Å². The molecule has 1 unspecified atom stereocenters. The van der Waals surface area contributed by atoms with Gasteiger partial charge in [0.1, 0.15) is 5.92 Å². The Morgan fingerprint density at radius 3 is 2.50 bits per heavy atom. The largest absolute Gasteiger partial charge is 0.504 e. The van der Waals surface area contributed by atoms with Gasteiger partial charge in [-0.15, -0.1) is 0 Å². The predicted molar refractivity (Wildman–Crippen MR) is 91.9 cm³/mol. The third-order valence-corrected chi connectivity index (χ3v) is 3.79. The molecule has 0 aromatic heterocycles. The SMILES string of the molecule is CCc1ccc(NC(=O)C(C#N)Cc2ccc(O)c(OC)c2)cc1. The first-order chi connectivity index (χ1) is 11.6. The number of ether oxygens (including phenoxy) is 1. The molecule has 2 rings (SSSR count). The van der Waals surface area contributed by atoms with Crippen molar-refractivity contribution >= 4 is 11.6 Å². The van der Waals surface area contributed by atoms with Gasteiger partial charge in [-0.1, -0.05) is 25.1 Å². The molecule has 0 bridgehead atoms. The number of anilines is 1. The molecule has 0 aliphatic carbocycles. The standard InChI is InChI=1S/C19H20N2O3/c1-3-13-4-7-16(8-5-13)21-19(23)15(12-20)10-14-6-9-17(22)18(11-14)24-2/h4-9,11,15,22H,3,10H2,1-2H3,(H,21,23). The first kappa shape index (κ1) is 17.4. The number of phenols is 1. The number of nitriles is 1. The van der Waals surface area contributed by atoms with Crippen LogP contribution < -0.4 is 10.1 Å². The van der Waals surface area contributed by atoms with Crippen molar-refractivity contribution in [1.82, 2.24) is 0 Å². The molecule has 2 aromatic carbocycles. The highest BCUT2D eigenvalue weighted by Gasteiger charge is 2.19. The van der Waals surface area contributed by atoms with Crippen molar-refractivity contribution in [2.24, 2.45) is 5.92 Å². The number of hydrogen-bond acceptors (Lipinski definition) is 4. The molecule has 1 atom stereocenters. The maximum absolute atomic E-state index is 12.3. The van der Waals surface area contributed by atoms with Crippen LogP contribution >= 0.6 is 0 Å². The Labute approximate surface area is 141 Å². The molecule has 0 aliphatic rings. The molecule has 5 nitrogen and oxygen atoms in total. The van der Waals surface area contributed by atoms with Crippen LogP contribution in [0.25, 0.3) is 0 Å². The molecular formula is C19H20N2O3. The minimum Gasteiger partial charge on any atom is -0.504 e. The molecule has 0 spiro atoms. The molecule has 1 amide bonds. The van der Waals surface area contributed by atoms with Crippen LogP contribution in [0.1, 0.15) is 18.1 Å². The van der Waals surface area contributed by atoms with Gasteiger partial charge in [-0.3, -0.25) is 4.79 Å². The summed E-state index contributed by atoms with van der Waals surface area (Å²) in [5, 5.41) is 21.7. The van der Waals surface area contributed by atoms with E-state index in [-0.39, 0.29) is 18.1 Å². The van der Waals surface area contributed by atoms with Crippen molar-refractivity contribution in [1.29, 1.82) is 5.26 Å². The van der Waals surface area contributed by atoms with Crippen LogP contribution in [0.15, 0.2) is 42.5 Å². The second-order valence-corrected chi connectivity index (χ2v) is 5.43. The van der Waals surface area contributed by atoms with E-state index in [4.69, 9.17) is 4.74 Å². The van der Waals surface area contributed by atoms with Gasteiger partial charge in [0, 0.05) is 5.69 Å². The van der Waals surface area contributed by atoms with Gasteiger partial charge < -0.3 is 15.2 Å². The average Bonchev–Trinajstić information content (AvgIpc) is 2.61. The van der Waals surface area contributed by atoms with Gasteiger partial charge >= 0.3 is 0 Å². The zero-order chi connectivity index (χ0) is 17.5. The van der Waals surface area contributed by atoms with E-state index < -0.39 is 5.92 Å². The summed E-state index contributed by atoms with van der Waals surface area (Å²) >= 11 is 0. The van der Waals surface area contributed by atoms with E-state index in [9.17, 15) is 15.2 Å². The number of aryl methyl sites for hydroxylation is 1. The number of aromatic hydroxyl groups is 1. The number of rotatable bonds is 6. The summed E-state index contributed by atoms with van der Waals surface area (Å²) in [5.74, 6) is -0.839. The topological polar surface area (TPSA) is 82.4 Å². The van der Waals surface area contributed by atoms with Crippen LogP contribution in [0.3, 0.4) is 0 Å². The molecule has 5 heteroatoms. The van der Waals surface area contributed by atoms with E-state index in [2.05, 4.69) is 12.2 Å². The van der Waals surface area contributed by atoms with Crippen molar-refractivity contribution < 1.29 is 14.6 Å². The molecule has 0 saturated carbocycles.